The van der Waals surface area contributed by atoms with Crippen molar-refractivity contribution in [1.29, 1.82) is 0 Å². The molecule has 0 aliphatic heterocycles. The second-order valence-corrected chi connectivity index (χ2v) is 19.9. The Bertz CT molecular complexity index is 1310. The largest absolute Gasteiger partial charge is 0.462 e. The highest BCUT2D eigenvalue weighted by Gasteiger charge is 2.19. The highest BCUT2D eigenvalue weighted by molar-refractivity contribution is 5.71. The molecular formula is C64H112O6. The van der Waals surface area contributed by atoms with Gasteiger partial charge in [0.1, 0.15) is 13.2 Å². The van der Waals surface area contributed by atoms with Crippen molar-refractivity contribution in [2.24, 2.45) is 0 Å². The van der Waals surface area contributed by atoms with E-state index in [2.05, 4.69) is 93.7 Å². The lowest BCUT2D eigenvalue weighted by Gasteiger charge is -2.18. The van der Waals surface area contributed by atoms with Crippen molar-refractivity contribution < 1.29 is 28.6 Å². The van der Waals surface area contributed by atoms with E-state index in [0.29, 0.717) is 19.3 Å². The second-order valence-electron chi connectivity index (χ2n) is 19.9. The average molecular weight is 978 g/mol. The van der Waals surface area contributed by atoms with E-state index < -0.39 is 6.10 Å². The van der Waals surface area contributed by atoms with Gasteiger partial charge in [0, 0.05) is 19.3 Å². The molecule has 1 unspecified atom stereocenters. The number of carbonyl (C=O) groups is 3. The SMILES string of the molecule is CC/C=C\C/C=C\C/C=C\C/C=C\CCCCCCCCCCCCCCC(=O)OCC(COC(=O)CCCCCCC/C=C\CCCCC)OC(=O)CCCCCCC/C=C\CCCCCCCC. The van der Waals surface area contributed by atoms with Gasteiger partial charge in [-0.25, -0.2) is 0 Å². The Labute approximate surface area is 433 Å². The van der Waals surface area contributed by atoms with E-state index in [1.54, 1.807) is 0 Å². The van der Waals surface area contributed by atoms with Crippen LogP contribution in [0.2, 0.25) is 0 Å². The Kier molecular flexibility index (Phi) is 55.8. The van der Waals surface area contributed by atoms with Gasteiger partial charge in [-0.05, 0) is 109 Å². The number of hydrogen-bond acceptors (Lipinski definition) is 6. The minimum atomic E-state index is -0.783. The number of allylic oxidation sites excluding steroid dienone is 12. The van der Waals surface area contributed by atoms with Gasteiger partial charge in [0.05, 0.1) is 0 Å². The summed E-state index contributed by atoms with van der Waals surface area (Å²) < 4.78 is 16.9. The first kappa shape index (κ1) is 66.9. The molecule has 0 aliphatic rings. The first-order valence-electron chi connectivity index (χ1n) is 29.9. The van der Waals surface area contributed by atoms with Crippen LogP contribution in [0.4, 0.5) is 0 Å². The van der Waals surface area contributed by atoms with Crippen molar-refractivity contribution in [3.8, 4) is 0 Å². The lowest BCUT2D eigenvalue weighted by molar-refractivity contribution is -0.167. The maximum absolute atomic E-state index is 12.8. The summed E-state index contributed by atoms with van der Waals surface area (Å²) in [7, 11) is 0. The smallest absolute Gasteiger partial charge is 0.306 e. The number of hydrogen-bond donors (Lipinski definition) is 0. The van der Waals surface area contributed by atoms with Gasteiger partial charge in [0.2, 0.25) is 0 Å². The van der Waals surface area contributed by atoms with Crippen LogP contribution in [0.1, 0.15) is 297 Å². The number of ether oxygens (including phenoxy) is 3. The van der Waals surface area contributed by atoms with E-state index in [1.807, 2.05) is 0 Å². The molecule has 0 aliphatic carbocycles. The number of carbonyl (C=O) groups excluding carboxylic acids is 3. The van der Waals surface area contributed by atoms with E-state index in [-0.39, 0.29) is 31.1 Å². The van der Waals surface area contributed by atoms with Crippen LogP contribution in [0.3, 0.4) is 0 Å². The van der Waals surface area contributed by atoms with Crippen molar-refractivity contribution in [3.05, 3.63) is 72.9 Å². The molecule has 0 fully saturated rings. The van der Waals surface area contributed by atoms with Crippen LogP contribution in [-0.4, -0.2) is 37.2 Å². The molecule has 0 bridgehead atoms. The summed E-state index contributed by atoms with van der Waals surface area (Å²) >= 11 is 0. The van der Waals surface area contributed by atoms with Crippen molar-refractivity contribution in [1.82, 2.24) is 0 Å². The highest BCUT2D eigenvalue weighted by Crippen LogP contribution is 2.16. The first-order valence-corrected chi connectivity index (χ1v) is 29.9. The van der Waals surface area contributed by atoms with Crippen molar-refractivity contribution >= 4 is 17.9 Å². The summed E-state index contributed by atoms with van der Waals surface area (Å²) in [5, 5.41) is 0. The summed E-state index contributed by atoms with van der Waals surface area (Å²) in [6.45, 7) is 6.50. The predicted molar refractivity (Wildman–Crippen MR) is 302 cm³/mol. The molecule has 0 saturated heterocycles. The van der Waals surface area contributed by atoms with E-state index in [0.717, 1.165) is 103 Å². The number of rotatable bonds is 54. The van der Waals surface area contributed by atoms with E-state index in [1.165, 1.54) is 154 Å². The monoisotopic (exact) mass is 977 g/mol. The van der Waals surface area contributed by atoms with Gasteiger partial charge < -0.3 is 14.2 Å². The molecule has 0 heterocycles. The lowest BCUT2D eigenvalue weighted by atomic mass is 10.0. The molecular weight excluding hydrogens is 865 g/mol. The van der Waals surface area contributed by atoms with Crippen LogP contribution in [0, 0.1) is 0 Å². The van der Waals surface area contributed by atoms with Gasteiger partial charge >= 0.3 is 17.9 Å². The molecule has 6 nitrogen and oxygen atoms in total. The third-order valence-electron chi connectivity index (χ3n) is 12.9. The zero-order chi connectivity index (χ0) is 50.7. The standard InChI is InChI=1S/C64H112O6/c1-4-7-10-13-16-19-22-25-27-28-29-30-31-32-33-34-35-36-38-39-42-45-48-51-54-57-63(66)69-60-61(59-68-62(65)56-53-50-47-44-41-24-21-18-15-12-9-6-3)70-64(67)58-55-52-49-46-43-40-37-26-23-20-17-14-11-8-5-2/h7,10,16,18-19,21,25-27,29-30,37,61H,4-6,8-9,11-15,17,20,22-24,28,31-36,38-60H2,1-3H3/b10-7-,19-16-,21-18-,27-25-,30-29-,37-26-. The normalized spacial score (nSPS) is 12.6. The molecule has 0 spiro atoms. The fraction of sp³-hybridized carbons (Fsp3) is 0.766. The van der Waals surface area contributed by atoms with Crippen LogP contribution in [0.5, 0.6) is 0 Å². The van der Waals surface area contributed by atoms with Gasteiger partial charge in [-0.3, -0.25) is 14.4 Å². The molecule has 404 valence electrons. The Morgan fingerprint density at radius 1 is 0.300 bits per heavy atom. The van der Waals surface area contributed by atoms with E-state index >= 15 is 0 Å². The third-order valence-corrected chi connectivity index (χ3v) is 12.9. The minimum absolute atomic E-state index is 0.0808. The fourth-order valence-corrected chi connectivity index (χ4v) is 8.42. The minimum Gasteiger partial charge on any atom is -0.462 e. The Morgan fingerprint density at radius 3 is 0.914 bits per heavy atom. The van der Waals surface area contributed by atoms with Crippen molar-refractivity contribution in [3.63, 3.8) is 0 Å². The molecule has 1 atom stereocenters. The van der Waals surface area contributed by atoms with Gasteiger partial charge in [-0.2, -0.15) is 0 Å². The van der Waals surface area contributed by atoms with Crippen molar-refractivity contribution in [2.45, 2.75) is 303 Å². The predicted octanol–water partition coefficient (Wildman–Crippen LogP) is 20.2. The van der Waals surface area contributed by atoms with E-state index in [4.69, 9.17) is 14.2 Å². The molecule has 0 aromatic heterocycles. The van der Waals surface area contributed by atoms with Crippen molar-refractivity contribution in [2.75, 3.05) is 13.2 Å². The summed E-state index contributed by atoms with van der Waals surface area (Å²) in [6.07, 6.45) is 74.7. The highest BCUT2D eigenvalue weighted by atomic mass is 16.6. The Morgan fingerprint density at radius 2 is 0.557 bits per heavy atom. The molecule has 6 heteroatoms. The maximum atomic E-state index is 12.8. The summed E-state index contributed by atoms with van der Waals surface area (Å²) in [5.41, 5.74) is 0. The molecule has 0 aromatic rings. The molecule has 0 radical (unpaired) electrons. The topological polar surface area (TPSA) is 78.9 Å². The second kappa shape index (κ2) is 58.4. The van der Waals surface area contributed by atoms with Gasteiger partial charge in [0.25, 0.3) is 0 Å². The molecule has 70 heavy (non-hydrogen) atoms. The van der Waals surface area contributed by atoms with E-state index in [9.17, 15) is 14.4 Å². The van der Waals surface area contributed by atoms with Gasteiger partial charge in [-0.15, -0.1) is 0 Å². The molecule has 0 rings (SSSR count). The van der Waals surface area contributed by atoms with Crippen LogP contribution in [0.15, 0.2) is 72.9 Å². The van der Waals surface area contributed by atoms with Crippen LogP contribution in [0.25, 0.3) is 0 Å². The molecule has 0 amide bonds. The van der Waals surface area contributed by atoms with Gasteiger partial charge in [-0.1, -0.05) is 241 Å². The number of esters is 3. The zero-order valence-electron chi connectivity index (χ0n) is 46.3. The van der Waals surface area contributed by atoms with Crippen LogP contribution in [-0.2, 0) is 28.6 Å². The summed E-state index contributed by atoms with van der Waals surface area (Å²) in [6, 6.07) is 0. The molecule has 0 aromatic carbocycles. The quantitative estimate of drug-likeness (QED) is 0.0261. The summed E-state index contributed by atoms with van der Waals surface area (Å²) in [4.78, 5) is 38.2. The maximum Gasteiger partial charge on any atom is 0.306 e. The molecule has 0 saturated carbocycles. The van der Waals surface area contributed by atoms with Crippen LogP contribution < -0.4 is 0 Å². The average Bonchev–Trinajstić information content (AvgIpc) is 3.36. The first-order chi connectivity index (χ1) is 34.5. The summed E-state index contributed by atoms with van der Waals surface area (Å²) in [5.74, 6) is -0.891. The Balaban J connectivity index is 4.27. The lowest BCUT2D eigenvalue weighted by Crippen LogP contribution is -2.30. The van der Waals surface area contributed by atoms with Crippen LogP contribution >= 0.6 is 0 Å². The fourth-order valence-electron chi connectivity index (χ4n) is 8.42. The Hall–Kier alpha value is -3.15. The molecule has 0 N–H and O–H groups in total. The third kappa shape index (κ3) is 55.8. The number of unbranched alkanes of at least 4 members (excludes halogenated alkanes) is 31. The van der Waals surface area contributed by atoms with Gasteiger partial charge in [0.15, 0.2) is 6.10 Å². The zero-order valence-corrected chi connectivity index (χ0v) is 46.3.